The first-order chi connectivity index (χ1) is 10.8. The quantitative estimate of drug-likeness (QED) is 0.886. The van der Waals surface area contributed by atoms with Crippen LogP contribution in [0.1, 0.15) is 36.0 Å². The highest BCUT2D eigenvalue weighted by Gasteiger charge is 2.23. The number of nitrogens with zero attached hydrogens (tertiary/aromatic N) is 1. The van der Waals surface area contributed by atoms with E-state index in [1.807, 2.05) is 30.3 Å². The Morgan fingerprint density at radius 1 is 1.09 bits per heavy atom. The molecule has 4 nitrogen and oxygen atoms in total. The number of amides is 1. The zero-order chi connectivity index (χ0) is 15.2. The summed E-state index contributed by atoms with van der Waals surface area (Å²) in [5.41, 5.74) is 0.764. The Kier molecular flexibility index (Phi) is 7.34. The second-order valence-corrected chi connectivity index (χ2v) is 6.61. The number of likely N-dealkylation sites (tertiary alicyclic amines) is 1. The van der Waals surface area contributed by atoms with Crippen molar-refractivity contribution < 1.29 is 4.79 Å². The Balaban J connectivity index is 0.00000192. The van der Waals surface area contributed by atoms with Gasteiger partial charge in [-0.2, -0.15) is 0 Å². The van der Waals surface area contributed by atoms with Crippen LogP contribution in [0.25, 0.3) is 0 Å². The third kappa shape index (κ3) is 5.48. The topological polar surface area (TPSA) is 44.4 Å². The van der Waals surface area contributed by atoms with E-state index in [0.717, 1.165) is 37.4 Å². The summed E-state index contributed by atoms with van der Waals surface area (Å²) in [6.45, 7) is 5.82. The molecule has 0 unspecified atom stereocenters. The van der Waals surface area contributed by atoms with Gasteiger partial charge in [0.05, 0.1) is 0 Å². The van der Waals surface area contributed by atoms with Gasteiger partial charge in [0.2, 0.25) is 0 Å². The number of rotatable bonds is 4. The Bertz CT molecular complexity index is 468. The molecular weight excluding hydrogens is 310 g/mol. The van der Waals surface area contributed by atoms with Crippen molar-refractivity contribution in [3.05, 3.63) is 35.9 Å². The third-order valence-electron chi connectivity index (χ3n) is 4.93. The van der Waals surface area contributed by atoms with Crippen molar-refractivity contribution in [1.29, 1.82) is 0 Å². The highest BCUT2D eigenvalue weighted by Crippen LogP contribution is 2.17. The number of carbonyl (C=O) groups is 1. The van der Waals surface area contributed by atoms with Gasteiger partial charge in [0.25, 0.3) is 5.91 Å². The van der Waals surface area contributed by atoms with E-state index in [-0.39, 0.29) is 18.3 Å². The van der Waals surface area contributed by atoms with Crippen LogP contribution < -0.4 is 10.6 Å². The molecule has 1 amide bonds. The van der Waals surface area contributed by atoms with Crippen LogP contribution in [0.3, 0.4) is 0 Å². The molecule has 2 aliphatic rings. The van der Waals surface area contributed by atoms with Crippen LogP contribution in [0.5, 0.6) is 0 Å². The van der Waals surface area contributed by atoms with Crippen molar-refractivity contribution >= 4 is 18.3 Å². The molecule has 2 N–H and O–H groups in total. The second-order valence-electron chi connectivity index (χ2n) is 6.61. The van der Waals surface area contributed by atoms with Crippen LogP contribution in [-0.4, -0.2) is 49.6 Å². The van der Waals surface area contributed by atoms with E-state index in [1.54, 1.807) is 0 Å². The van der Waals surface area contributed by atoms with Gasteiger partial charge >= 0.3 is 0 Å². The third-order valence-corrected chi connectivity index (χ3v) is 4.93. The normalized spacial score (nSPS) is 20.7. The molecule has 0 radical (unpaired) electrons. The summed E-state index contributed by atoms with van der Waals surface area (Å²) in [7, 11) is 0. The number of hydrogen-bond acceptors (Lipinski definition) is 3. The summed E-state index contributed by atoms with van der Waals surface area (Å²) in [6, 6.07) is 9.85. The molecule has 3 rings (SSSR count). The van der Waals surface area contributed by atoms with Crippen LogP contribution in [0.15, 0.2) is 30.3 Å². The number of carbonyl (C=O) groups excluding carboxylic acids is 1. The first kappa shape index (κ1) is 18.2. The van der Waals surface area contributed by atoms with E-state index in [0.29, 0.717) is 6.04 Å². The summed E-state index contributed by atoms with van der Waals surface area (Å²) in [4.78, 5) is 14.8. The maximum atomic E-state index is 12.2. The van der Waals surface area contributed by atoms with Gasteiger partial charge in [0.1, 0.15) is 0 Å². The molecule has 0 atom stereocenters. The van der Waals surface area contributed by atoms with Gasteiger partial charge in [0, 0.05) is 31.2 Å². The lowest BCUT2D eigenvalue weighted by atomic mass is 9.96. The molecule has 1 aromatic rings. The van der Waals surface area contributed by atoms with Gasteiger partial charge in [-0.3, -0.25) is 4.79 Å². The lowest BCUT2D eigenvalue weighted by Crippen LogP contribution is -2.46. The number of nitrogens with one attached hydrogen (secondary N) is 2. The Morgan fingerprint density at radius 3 is 2.39 bits per heavy atom. The minimum atomic E-state index is 0. The molecule has 2 heterocycles. The first-order valence-corrected chi connectivity index (χ1v) is 8.60. The van der Waals surface area contributed by atoms with E-state index in [2.05, 4.69) is 15.5 Å². The highest BCUT2D eigenvalue weighted by molar-refractivity contribution is 5.94. The average molecular weight is 338 g/mol. The van der Waals surface area contributed by atoms with Crippen LogP contribution in [0.2, 0.25) is 0 Å². The SMILES string of the molecule is Cl.O=C(NC1CCN(CC2CCNCC2)CC1)c1ccccc1. The van der Waals surface area contributed by atoms with Gasteiger partial charge in [-0.15, -0.1) is 12.4 Å². The van der Waals surface area contributed by atoms with Crippen LogP contribution in [0, 0.1) is 5.92 Å². The lowest BCUT2D eigenvalue weighted by molar-refractivity contribution is 0.0902. The van der Waals surface area contributed by atoms with E-state index >= 15 is 0 Å². The molecule has 0 bridgehead atoms. The van der Waals surface area contributed by atoms with Crippen molar-refractivity contribution in [1.82, 2.24) is 15.5 Å². The standard InChI is InChI=1S/C18H27N3O.ClH/c22-18(16-4-2-1-3-5-16)20-17-8-12-21(13-9-17)14-15-6-10-19-11-7-15;/h1-5,15,17,19H,6-14H2,(H,20,22);1H. The summed E-state index contributed by atoms with van der Waals surface area (Å²) in [6.07, 6.45) is 4.77. The molecule has 23 heavy (non-hydrogen) atoms. The fourth-order valence-corrected chi connectivity index (χ4v) is 3.55. The van der Waals surface area contributed by atoms with E-state index in [1.165, 1.54) is 32.5 Å². The van der Waals surface area contributed by atoms with E-state index in [4.69, 9.17) is 0 Å². The Hall–Kier alpha value is -1.10. The molecule has 0 aliphatic carbocycles. The fourth-order valence-electron chi connectivity index (χ4n) is 3.55. The van der Waals surface area contributed by atoms with Crippen molar-refractivity contribution in [2.75, 3.05) is 32.7 Å². The van der Waals surface area contributed by atoms with Gasteiger partial charge in [0.15, 0.2) is 0 Å². The molecule has 2 fully saturated rings. The zero-order valence-electron chi connectivity index (χ0n) is 13.7. The highest BCUT2D eigenvalue weighted by atomic mass is 35.5. The molecule has 2 saturated heterocycles. The molecule has 2 aliphatic heterocycles. The molecule has 0 saturated carbocycles. The Morgan fingerprint density at radius 2 is 1.74 bits per heavy atom. The first-order valence-electron chi connectivity index (χ1n) is 8.60. The predicted octanol–water partition coefficient (Wildman–Crippen LogP) is 2.30. The predicted molar refractivity (Wildman–Crippen MR) is 96.2 cm³/mol. The molecule has 128 valence electrons. The van der Waals surface area contributed by atoms with Crippen molar-refractivity contribution in [2.45, 2.75) is 31.7 Å². The van der Waals surface area contributed by atoms with Gasteiger partial charge in [-0.25, -0.2) is 0 Å². The summed E-state index contributed by atoms with van der Waals surface area (Å²) in [5, 5.41) is 6.61. The molecule has 0 spiro atoms. The van der Waals surface area contributed by atoms with Gasteiger partial charge in [-0.05, 0) is 56.8 Å². The maximum absolute atomic E-state index is 12.2. The maximum Gasteiger partial charge on any atom is 0.251 e. The molecular formula is C18H28ClN3O. The number of hydrogen-bond donors (Lipinski definition) is 2. The van der Waals surface area contributed by atoms with Gasteiger partial charge in [-0.1, -0.05) is 18.2 Å². The monoisotopic (exact) mass is 337 g/mol. The van der Waals surface area contributed by atoms with Crippen molar-refractivity contribution in [3.63, 3.8) is 0 Å². The minimum absolute atomic E-state index is 0. The summed E-state index contributed by atoms with van der Waals surface area (Å²) >= 11 is 0. The molecule has 0 aromatic heterocycles. The van der Waals surface area contributed by atoms with Crippen LogP contribution in [0.4, 0.5) is 0 Å². The smallest absolute Gasteiger partial charge is 0.251 e. The van der Waals surface area contributed by atoms with Crippen LogP contribution in [-0.2, 0) is 0 Å². The average Bonchev–Trinajstić information content (AvgIpc) is 2.58. The summed E-state index contributed by atoms with van der Waals surface area (Å²) < 4.78 is 0. The molecule has 1 aromatic carbocycles. The Labute approximate surface area is 145 Å². The van der Waals surface area contributed by atoms with E-state index in [9.17, 15) is 4.79 Å². The van der Waals surface area contributed by atoms with Crippen LogP contribution >= 0.6 is 12.4 Å². The largest absolute Gasteiger partial charge is 0.349 e. The van der Waals surface area contributed by atoms with Crippen molar-refractivity contribution in [3.8, 4) is 0 Å². The number of piperidine rings is 2. The fraction of sp³-hybridized carbons (Fsp3) is 0.611. The summed E-state index contributed by atoms with van der Waals surface area (Å²) in [5.74, 6) is 0.925. The molecule has 5 heteroatoms. The lowest BCUT2D eigenvalue weighted by Gasteiger charge is -2.35. The minimum Gasteiger partial charge on any atom is -0.349 e. The van der Waals surface area contributed by atoms with Crippen molar-refractivity contribution in [2.24, 2.45) is 5.92 Å². The van der Waals surface area contributed by atoms with Gasteiger partial charge < -0.3 is 15.5 Å². The van der Waals surface area contributed by atoms with E-state index < -0.39 is 0 Å². The second kappa shape index (κ2) is 9.26. The number of halogens is 1. The number of benzene rings is 1. The zero-order valence-corrected chi connectivity index (χ0v) is 14.5.